The van der Waals surface area contributed by atoms with Gasteiger partial charge in [-0.3, -0.25) is 0 Å². The molecule has 5 nitrogen and oxygen atoms in total. The van der Waals surface area contributed by atoms with Crippen LogP contribution in [0.15, 0.2) is 10.6 Å². The van der Waals surface area contributed by atoms with E-state index < -0.39 is 0 Å². The number of carbonyl (C=O) groups excluding carboxylic acids is 1. The molecule has 0 N–H and O–H groups in total. The van der Waals surface area contributed by atoms with Gasteiger partial charge >= 0.3 is 5.97 Å². The predicted octanol–water partition coefficient (Wildman–Crippen LogP) is 2.93. The third-order valence-corrected chi connectivity index (χ3v) is 4.47. The number of aromatic nitrogens is 2. The number of aryl methyl sites for hydroxylation is 3. The predicted molar refractivity (Wildman–Crippen MR) is 73.8 cm³/mol. The summed E-state index contributed by atoms with van der Waals surface area (Å²) < 4.78 is 10.3. The number of ether oxygens (including phenoxy) is 1. The number of carbonyl (C=O) groups is 1. The van der Waals surface area contributed by atoms with Crippen LogP contribution in [0.3, 0.4) is 0 Å². The molecule has 3 rings (SSSR count). The number of thiophene rings is 1. The average Bonchev–Trinajstić information content (AvgIpc) is 3.11. The number of hydrogen-bond acceptors (Lipinski definition) is 6. The molecule has 0 bridgehead atoms. The first-order valence-corrected chi connectivity index (χ1v) is 7.68. The minimum absolute atomic E-state index is 0.0641. The highest BCUT2D eigenvalue weighted by Gasteiger charge is 2.19. The maximum Gasteiger partial charge on any atom is 0.348 e. The second kappa shape index (κ2) is 5.75. The topological polar surface area (TPSA) is 65.2 Å². The number of esters is 1. The number of rotatable bonds is 5. The standard InChI is InChI=1S/C14H16N2O3S/c1-2-4-13-15-12(16-19-13)8-18-14(17)11-7-9-5-3-6-10(9)20-11/h7H,2-6,8H2,1H3. The summed E-state index contributed by atoms with van der Waals surface area (Å²) >= 11 is 1.54. The fourth-order valence-electron chi connectivity index (χ4n) is 2.30. The van der Waals surface area contributed by atoms with E-state index in [1.807, 2.05) is 13.0 Å². The van der Waals surface area contributed by atoms with Gasteiger partial charge in [0.05, 0.1) is 0 Å². The Bertz CT molecular complexity index is 596. The van der Waals surface area contributed by atoms with E-state index in [1.54, 1.807) is 0 Å². The Morgan fingerprint density at radius 3 is 3.20 bits per heavy atom. The number of fused-ring (bicyclic) bond motifs is 1. The summed E-state index contributed by atoms with van der Waals surface area (Å²) in [6, 6.07) is 1.95. The zero-order chi connectivity index (χ0) is 13.9. The zero-order valence-electron chi connectivity index (χ0n) is 11.3. The van der Waals surface area contributed by atoms with Gasteiger partial charge in [-0.2, -0.15) is 4.98 Å². The molecule has 0 fully saturated rings. The van der Waals surface area contributed by atoms with Crippen LogP contribution in [0.5, 0.6) is 0 Å². The average molecular weight is 292 g/mol. The van der Waals surface area contributed by atoms with E-state index in [1.165, 1.54) is 28.2 Å². The van der Waals surface area contributed by atoms with Gasteiger partial charge in [0.15, 0.2) is 6.61 Å². The van der Waals surface area contributed by atoms with E-state index in [0.29, 0.717) is 16.6 Å². The molecule has 0 radical (unpaired) electrons. The van der Waals surface area contributed by atoms with Crippen molar-refractivity contribution in [1.29, 1.82) is 0 Å². The van der Waals surface area contributed by atoms with Crippen molar-refractivity contribution in [3.63, 3.8) is 0 Å². The molecule has 0 atom stereocenters. The van der Waals surface area contributed by atoms with Crippen LogP contribution in [0, 0.1) is 0 Å². The van der Waals surface area contributed by atoms with E-state index in [2.05, 4.69) is 10.1 Å². The van der Waals surface area contributed by atoms with Gasteiger partial charge in [0.1, 0.15) is 4.88 Å². The molecular formula is C14H16N2O3S. The molecule has 0 saturated carbocycles. The maximum atomic E-state index is 12.0. The van der Waals surface area contributed by atoms with Crippen molar-refractivity contribution in [3.05, 3.63) is 33.1 Å². The van der Waals surface area contributed by atoms with Crippen LogP contribution < -0.4 is 0 Å². The lowest BCUT2D eigenvalue weighted by Gasteiger charge is -1.98. The van der Waals surface area contributed by atoms with Crippen molar-refractivity contribution in [2.45, 2.75) is 45.6 Å². The molecule has 0 spiro atoms. The van der Waals surface area contributed by atoms with Gasteiger partial charge in [-0.1, -0.05) is 12.1 Å². The first kappa shape index (κ1) is 13.3. The van der Waals surface area contributed by atoms with Crippen molar-refractivity contribution < 1.29 is 14.1 Å². The van der Waals surface area contributed by atoms with Crippen LogP contribution in [0.4, 0.5) is 0 Å². The molecule has 1 aliphatic rings. The highest BCUT2D eigenvalue weighted by Crippen LogP contribution is 2.30. The van der Waals surface area contributed by atoms with E-state index >= 15 is 0 Å². The second-order valence-corrected chi connectivity index (χ2v) is 5.98. The molecule has 0 aliphatic heterocycles. The molecule has 0 amide bonds. The van der Waals surface area contributed by atoms with Crippen LogP contribution in [0.2, 0.25) is 0 Å². The van der Waals surface area contributed by atoms with Crippen LogP contribution in [-0.2, 0) is 30.6 Å². The molecular weight excluding hydrogens is 276 g/mol. The summed E-state index contributed by atoms with van der Waals surface area (Å²) in [5.74, 6) is 0.714. The monoisotopic (exact) mass is 292 g/mol. The lowest BCUT2D eigenvalue weighted by molar-refractivity contribution is 0.0465. The quantitative estimate of drug-likeness (QED) is 0.793. The Morgan fingerprint density at radius 2 is 2.40 bits per heavy atom. The van der Waals surface area contributed by atoms with Gasteiger partial charge in [0, 0.05) is 11.3 Å². The van der Waals surface area contributed by atoms with Crippen LogP contribution >= 0.6 is 11.3 Å². The normalized spacial score (nSPS) is 13.4. The lowest BCUT2D eigenvalue weighted by Crippen LogP contribution is -2.04. The van der Waals surface area contributed by atoms with E-state index in [0.717, 1.165) is 25.7 Å². The molecule has 0 unspecified atom stereocenters. The Morgan fingerprint density at radius 1 is 1.50 bits per heavy atom. The van der Waals surface area contributed by atoms with Crippen molar-refractivity contribution in [2.75, 3.05) is 0 Å². The minimum atomic E-state index is -0.300. The first-order valence-electron chi connectivity index (χ1n) is 6.86. The second-order valence-electron chi connectivity index (χ2n) is 4.84. The van der Waals surface area contributed by atoms with Gasteiger partial charge in [0.25, 0.3) is 0 Å². The van der Waals surface area contributed by atoms with Crippen molar-refractivity contribution in [3.8, 4) is 0 Å². The van der Waals surface area contributed by atoms with E-state index in [4.69, 9.17) is 9.26 Å². The van der Waals surface area contributed by atoms with Gasteiger partial charge in [0.2, 0.25) is 11.7 Å². The molecule has 6 heteroatoms. The van der Waals surface area contributed by atoms with Gasteiger partial charge in [-0.05, 0) is 37.3 Å². The SMILES string of the molecule is CCCc1nc(COC(=O)c2cc3c(s2)CCC3)no1. The molecule has 106 valence electrons. The van der Waals surface area contributed by atoms with Crippen molar-refractivity contribution in [2.24, 2.45) is 0 Å². The van der Waals surface area contributed by atoms with Gasteiger partial charge in [-0.15, -0.1) is 11.3 Å². The molecule has 2 aromatic rings. The molecule has 2 heterocycles. The summed E-state index contributed by atoms with van der Waals surface area (Å²) in [5, 5.41) is 3.79. The third kappa shape index (κ3) is 2.75. The fourth-order valence-corrected chi connectivity index (χ4v) is 3.44. The lowest BCUT2D eigenvalue weighted by atomic mass is 10.2. The van der Waals surface area contributed by atoms with Gasteiger partial charge in [-0.25, -0.2) is 4.79 Å². The Kier molecular flexibility index (Phi) is 3.82. The summed E-state index contributed by atoms with van der Waals surface area (Å²) in [6.07, 6.45) is 5.04. The maximum absolute atomic E-state index is 12.0. The highest BCUT2D eigenvalue weighted by atomic mass is 32.1. The number of hydrogen-bond donors (Lipinski definition) is 0. The molecule has 2 aromatic heterocycles. The number of nitrogens with zero attached hydrogens (tertiary/aromatic N) is 2. The van der Waals surface area contributed by atoms with Crippen molar-refractivity contribution in [1.82, 2.24) is 10.1 Å². The summed E-state index contributed by atoms with van der Waals surface area (Å²) in [4.78, 5) is 18.1. The Hall–Kier alpha value is -1.69. The van der Waals surface area contributed by atoms with E-state index in [9.17, 15) is 4.79 Å². The zero-order valence-corrected chi connectivity index (χ0v) is 12.2. The minimum Gasteiger partial charge on any atom is -0.453 e. The molecule has 0 saturated heterocycles. The first-order chi connectivity index (χ1) is 9.76. The summed E-state index contributed by atoms with van der Waals surface area (Å²) in [5.41, 5.74) is 1.30. The van der Waals surface area contributed by atoms with E-state index in [-0.39, 0.29) is 12.6 Å². The molecule has 1 aliphatic carbocycles. The molecule has 20 heavy (non-hydrogen) atoms. The third-order valence-electron chi connectivity index (χ3n) is 3.25. The summed E-state index contributed by atoms with van der Waals surface area (Å²) in [6.45, 7) is 2.11. The smallest absolute Gasteiger partial charge is 0.348 e. The van der Waals surface area contributed by atoms with Crippen LogP contribution in [0.25, 0.3) is 0 Å². The van der Waals surface area contributed by atoms with Crippen LogP contribution in [-0.4, -0.2) is 16.1 Å². The Balaban J connectivity index is 1.58. The summed E-state index contributed by atoms with van der Waals surface area (Å²) in [7, 11) is 0. The van der Waals surface area contributed by atoms with Crippen LogP contribution in [0.1, 0.15) is 51.6 Å². The highest BCUT2D eigenvalue weighted by molar-refractivity contribution is 7.14. The largest absolute Gasteiger partial charge is 0.453 e. The molecule has 0 aromatic carbocycles. The fraction of sp³-hybridized carbons (Fsp3) is 0.500. The Labute approximate surface area is 121 Å². The van der Waals surface area contributed by atoms with Gasteiger partial charge < -0.3 is 9.26 Å². The van der Waals surface area contributed by atoms with Crippen molar-refractivity contribution >= 4 is 17.3 Å².